The van der Waals surface area contributed by atoms with Crippen LogP contribution in [0.25, 0.3) is 0 Å². The summed E-state index contributed by atoms with van der Waals surface area (Å²) < 4.78 is 23.6. The van der Waals surface area contributed by atoms with Gasteiger partial charge in [0.2, 0.25) is 0 Å². The molecule has 0 bridgehead atoms. The van der Waals surface area contributed by atoms with E-state index in [1.54, 1.807) is 0 Å². The van der Waals surface area contributed by atoms with Gasteiger partial charge in [-0.1, -0.05) is 30.3 Å². The third kappa shape index (κ3) is 3.32. The highest BCUT2D eigenvalue weighted by Gasteiger charge is 2.40. The molecule has 1 aromatic carbocycles. The van der Waals surface area contributed by atoms with Crippen LogP contribution in [0.4, 0.5) is 0 Å². The van der Waals surface area contributed by atoms with E-state index in [2.05, 4.69) is 35.6 Å². The van der Waals surface area contributed by atoms with Crippen LogP contribution in [0.3, 0.4) is 0 Å². The van der Waals surface area contributed by atoms with E-state index in [-0.39, 0.29) is 0 Å². The van der Waals surface area contributed by atoms with Gasteiger partial charge in [0.25, 0.3) is 0 Å². The Kier molecular flexibility index (Phi) is 4.36. The molecule has 4 unspecified atom stereocenters. The quantitative estimate of drug-likeness (QED) is 0.933. The second-order valence-corrected chi connectivity index (χ2v) is 8.87. The van der Waals surface area contributed by atoms with Gasteiger partial charge in [-0.3, -0.25) is 0 Å². The van der Waals surface area contributed by atoms with Crippen LogP contribution in [0.2, 0.25) is 0 Å². The van der Waals surface area contributed by atoms with Crippen LogP contribution in [0, 0.1) is 11.8 Å². The molecule has 1 saturated heterocycles. The highest BCUT2D eigenvalue weighted by atomic mass is 32.2. The SMILES string of the molecule is CNC1CCC(c2ccccc2)CC1C1CCS(=O)(=O)C1. The van der Waals surface area contributed by atoms with Crippen molar-refractivity contribution in [1.29, 1.82) is 0 Å². The standard InChI is InChI=1S/C17H25NO2S/c1-18-17-8-7-14(13-5-3-2-4-6-13)11-16(17)15-9-10-21(19,20)12-15/h2-6,14-18H,7-12H2,1H3. The van der Waals surface area contributed by atoms with Gasteiger partial charge in [-0.15, -0.1) is 0 Å². The summed E-state index contributed by atoms with van der Waals surface area (Å²) in [6, 6.07) is 11.2. The van der Waals surface area contributed by atoms with E-state index in [0.29, 0.717) is 35.3 Å². The molecule has 1 N–H and O–H groups in total. The summed E-state index contributed by atoms with van der Waals surface area (Å²) in [7, 11) is -0.769. The predicted molar refractivity (Wildman–Crippen MR) is 86.1 cm³/mol. The third-order valence-corrected chi connectivity index (χ3v) is 7.21. The third-order valence-electron chi connectivity index (χ3n) is 5.41. The van der Waals surface area contributed by atoms with Gasteiger partial charge < -0.3 is 5.32 Å². The van der Waals surface area contributed by atoms with Gasteiger partial charge in [0, 0.05) is 6.04 Å². The van der Waals surface area contributed by atoms with Gasteiger partial charge in [0.15, 0.2) is 9.84 Å². The molecule has 0 amide bonds. The Morgan fingerprint density at radius 3 is 2.48 bits per heavy atom. The lowest BCUT2D eigenvalue weighted by Gasteiger charge is -2.39. The minimum absolute atomic E-state index is 0.346. The van der Waals surface area contributed by atoms with E-state index in [1.165, 1.54) is 12.0 Å². The van der Waals surface area contributed by atoms with Gasteiger partial charge in [0.05, 0.1) is 11.5 Å². The van der Waals surface area contributed by atoms with E-state index >= 15 is 0 Å². The van der Waals surface area contributed by atoms with Crippen molar-refractivity contribution in [3.63, 3.8) is 0 Å². The van der Waals surface area contributed by atoms with Crippen molar-refractivity contribution in [2.45, 2.75) is 37.6 Å². The number of sulfone groups is 1. The van der Waals surface area contributed by atoms with Crippen molar-refractivity contribution in [3.05, 3.63) is 35.9 Å². The molecule has 2 fully saturated rings. The zero-order chi connectivity index (χ0) is 14.9. The first-order chi connectivity index (χ1) is 10.1. The fourth-order valence-electron chi connectivity index (χ4n) is 4.27. The number of hydrogen-bond donors (Lipinski definition) is 1. The molecule has 1 heterocycles. The second kappa shape index (κ2) is 6.09. The number of nitrogens with one attached hydrogen (secondary N) is 1. The average molecular weight is 307 g/mol. The van der Waals surface area contributed by atoms with Gasteiger partial charge in [-0.2, -0.15) is 0 Å². The Morgan fingerprint density at radius 2 is 1.86 bits per heavy atom. The zero-order valence-corrected chi connectivity index (χ0v) is 13.5. The van der Waals surface area contributed by atoms with Crippen molar-refractivity contribution < 1.29 is 8.42 Å². The van der Waals surface area contributed by atoms with Gasteiger partial charge in [-0.25, -0.2) is 8.42 Å². The molecule has 2 aliphatic rings. The van der Waals surface area contributed by atoms with E-state index in [1.807, 2.05) is 7.05 Å². The molecule has 116 valence electrons. The van der Waals surface area contributed by atoms with Crippen molar-refractivity contribution in [2.24, 2.45) is 11.8 Å². The molecule has 4 atom stereocenters. The van der Waals surface area contributed by atoms with E-state index < -0.39 is 9.84 Å². The molecule has 0 aromatic heterocycles. The van der Waals surface area contributed by atoms with Crippen LogP contribution < -0.4 is 5.32 Å². The molecule has 0 radical (unpaired) electrons. The van der Waals surface area contributed by atoms with Gasteiger partial charge in [0.1, 0.15) is 0 Å². The molecule has 0 spiro atoms. The Bertz CT molecular complexity index is 570. The maximum atomic E-state index is 11.8. The summed E-state index contributed by atoms with van der Waals surface area (Å²) in [6.45, 7) is 0. The maximum Gasteiger partial charge on any atom is 0.150 e. The number of rotatable bonds is 3. The van der Waals surface area contributed by atoms with Gasteiger partial charge >= 0.3 is 0 Å². The summed E-state index contributed by atoms with van der Waals surface area (Å²) >= 11 is 0. The fraction of sp³-hybridized carbons (Fsp3) is 0.647. The van der Waals surface area contributed by atoms with Crippen LogP contribution in [0.5, 0.6) is 0 Å². The van der Waals surface area contributed by atoms with E-state index in [9.17, 15) is 8.42 Å². The summed E-state index contributed by atoms with van der Waals surface area (Å²) in [5, 5.41) is 3.44. The Balaban J connectivity index is 1.76. The Morgan fingerprint density at radius 1 is 1.10 bits per heavy atom. The molecular formula is C17H25NO2S. The molecule has 1 saturated carbocycles. The number of hydrogen-bond acceptors (Lipinski definition) is 3. The van der Waals surface area contributed by atoms with Crippen LogP contribution in [-0.2, 0) is 9.84 Å². The summed E-state index contributed by atoms with van der Waals surface area (Å²) in [4.78, 5) is 0. The number of benzene rings is 1. The first-order valence-electron chi connectivity index (χ1n) is 8.01. The molecule has 1 aliphatic heterocycles. The molecule has 4 heteroatoms. The predicted octanol–water partition coefficient (Wildman–Crippen LogP) is 2.59. The van der Waals surface area contributed by atoms with E-state index in [0.717, 1.165) is 19.3 Å². The summed E-state index contributed by atoms with van der Waals surface area (Å²) in [5.41, 5.74) is 1.41. The normalized spacial score (nSPS) is 35.7. The summed E-state index contributed by atoms with van der Waals surface area (Å²) in [5.74, 6) is 2.21. The highest BCUT2D eigenvalue weighted by Crippen LogP contribution is 2.42. The van der Waals surface area contributed by atoms with Crippen LogP contribution in [0.15, 0.2) is 30.3 Å². The maximum absolute atomic E-state index is 11.8. The Labute approximate surface area is 128 Å². The fourth-order valence-corrected chi connectivity index (χ4v) is 6.17. The highest BCUT2D eigenvalue weighted by molar-refractivity contribution is 7.91. The molecule has 3 rings (SSSR count). The second-order valence-electron chi connectivity index (χ2n) is 6.64. The smallest absolute Gasteiger partial charge is 0.150 e. The molecular weight excluding hydrogens is 282 g/mol. The van der Waals surface area contributed by atoms with Crippen LogP contribution >= 0.6 is 0 Å². The van der Waals surface area contributed by atoms with Crippen molar-refractivity contribution >= 4 is 9.84 Å². The average Bonchev–Trinajstić information content (AvgIpc) is 2.87. The zero-order valence-electron chi connectivity index (χ0n) is 12.7. The molecule has 1 aromatic rings. The molecule has 3 nitrogen and oxygen atoms in total. The molecule has 21 heavy (non-hydrogen) atoms. The van der Waals surface area contributed by atoms with Crippen molar-refractivity contribution in [1.82, 2.24) is 5.32 Å². The molecule has 1 aliphatic carbocycles. The largest absolute Gasteiger partial charge is 0.317 e. The lowest BCUT2D eigenvalue weighted by molar-refractivity contribution is 0.188. The minimum atomic E-state index is -2.79. The topological polar surface area (TPSA) is 46.2 Å². The van der Waals surface area contributed by atoms with Gasteiger partial charge in [-0.05, 0) is 56.0 Å². The lowest BCUT2D eigenvalue weighted by atomic mass is 9.70. The minimum Gasteiger partial charge on any atom is -0.317 e. The van der Waals surface area contributed by atoms with Crippen LogP contribution in [-0.4, -0.2) is 33.0 Å². The van der Waals surface area contributed by atoms with E-state index in [4.69, 9.17) is 0 Å². The van der Waals surface area contributed by atoms with Crippen molar-refractivity contribution in [2.75, 3.05) is 18.6 Å². The van der Waals surface area contributed by atoms with Crippen LogP contribution in [0.1, 0.15) is 37.2 Å². The monoisotopic (exact) mass is 307 g/mol. The lowest BCUT2D eigenvalue weighted by Crippen LogP contribution is -2.42. The first kappa shape index (κ1) is 15.0. The summed E-state index contributed by atoms with van der Waals surface area (Å²) in [6.07, 6.45) is 4.32. The Hall–Kier alpha value is -0.870. The van der Waals surface area contributed by atoms with Crippen molar-refractivity contribution in [3.8, 4) is 0 Å². The first-order valence-corrected chi connectivity index (χ1v) is 9.84.